The van der Waals surface area contributed by atoms with Crippen LogP contribution in [0.15, 0.2) is 29.1 Å². The van der Waals surface area contributed by atoms with Gasteiger partial charge in [-0.1, -0.05) is 26.7 Å². The molecule has 0 spiro atoms. The summed E-state index contributed by atoms with van der Waals surface area (Å²) in [6, 6.07) is 7.44. The van der Waals surface area contributed by atoms with Gasteiger partial charge in [0.1, 0.15) is 5.75 Å². The van der Waals surface area contributed by atoms with Gasteiger partial charge < -0.3 is 14.6 Å². The fourth-order valence-electron chi connectivity index (χ4n) is 2.94. The molecule has 0 fully saturated rings. The molecule has 0 saturated heterocycles. The largest absolute Gasteiger partial charge is 0.496 e. The molecule has 5 nitrogen and oxygen atoms in total. The van der Waals surface area contributed by atoms with Gasteiger partial charge in [0.25, 0.3) is 5.56 Å². The third-order valence-corrected chi connectivity index (χ3v) is 4.67. The van der Waals surface area contributed by atoms with E-state index in [1.165, 1.54) is 12.8 Å². The molecule has 0 aliphatic heterocycles. The average molecular weight is 362 g/mol. The number of unbranched alkanes of at least 4 members (excludes halogenated alkanes) is 1. The van der Waals surface area contributed by atoms with Gasteiger partial charge in [0.2, 0.25) is 0 Å². The summed E-state index contributed by atoms with van der Waals surface area (Å²) in [7, 11) is 3.49. The lowest BCUT2D eigenvalue weighted by Gasteiger charge is -2.19. The van der Waals surface area contributed by atoms with Crippen LogP contribution in [0, 0.1) is 10.7 Å². The molecule has 25 heavy (non-hydrogen) atoms. The molecule has 0 aliphatic carbocycles. The Kier molecular flexibility index (Phi) is 6.82. The minimum atomic E-state index is -0.197. The van der Waals surface area contributed by atoms with Gasteiger partial charge in [-0.05, 0) is 36.7 Å². The summed E-state index contributed by atoms with van der Waals surface area (Å²) in [6.07, 6.45) is 3.49. The molecule has 0 radical (unpaired) electrons. The van der Waals surface area contributed by atoms with Gasteiger partial charge in [-0.2, -0.15) is 0 Å². The summed E-state index contributed by atoms with van der Waals surface area (Å²) in [4.78, 5) is 14.8. The minimum absolute atomic E-state index is 0.197. The lowest BCUT2D eigenvalue weighted by atomic mass is 10.0. The average Bonchev–Trinajstić information content (AvgIpc) is 2.61. The molecule has 136 valence electrons. The third-order valence-electron chi connectivity index (χ3n) is 4.34. The van der Waals surface area contributed by atoms with Crippen LogP contribution in [-0.2, 0) is 6.54 Å². The Morgan fingerprint density at radius 2 is 2.12 bits per heavy atom. The predicted octanol–water partition coefficient (Wildman–Crippen LogP) is 4.45. The van der Waals surface area contributed by atoms with Crippen LogP contribution in [0.2, 0.25) is 0 Å². The van der Waals surface area contributed by atoms with Gasteiger partial charge in [0.15, 0.2) is 4.77 Å². The lowest BCUT2D eigenvalue weighted by Crippen LogP contribution is -2.18. The van der Waals surface area contributed by atoms with E-state index in [2.05, 4.69) is 24.1 Å². The van der Waals surface area contributed by atoms with E-state index >= 15 is 0 Å². The zero-order chi connectivity index (χ0) is 18.4. The Hall–Kier alpha value is -2.08. The van der Waals surface area contributed by atoms with E-state index in [1.807, 2.05) is 29.8 Å². The van der Waals surface area contributed by atoms with Crippen molar-refractivity contribution in [3.8, 4) is 17.0 Å². The summed E-state index contributed by atoms with van der Waals surface area (Å²) in [6.45, 7) is 5.17. The van der Waals surface area contributed by atoms with Crippen LogP contribution in [0.25, 0.3) is 11.3 Å². The van der Waals surface area contributed by atoms with Gasteiger partial charge in [-0.15, -0.1) is 0 Å². The standard InChI is InChI=1S/C19H27N3O2S/c1-5-6-7-13(2)12-22-16(11-18(23)21-19(22)25)15-9-8-14(20-3)10-17(15)24-4/h8-11,13,20H,5-7,12H2,1-4H3,(H,21,23,25). The molecule has 0 amide bonds. The SMILES string of the molecule is CCCCC(C)Cn1c(-c2ccc(NC)cc2OC)cc(=O)[nH]c1=S. The Bertz CT molecular complexity index is 826. The number of benzene rings is 1. The molecule has 2 aromatic rings. The second-order valence-corrected chi connectivity index (χ2v) is 6.73. The van der Waals surface area contributed by atoms with Crippen molar-refractivity contribution in [3.05, 3.63) is 39.4 Å². The molecule has 1 heterocycles. The quantitative estimate of drug-likeness (QED) is 0.682. The number of aromatic nitrogens is 2. The van der Waals surface area contributed by atoms with E-state index in [4.69, 9.17) is 17.0 Å². The van der Waals surface area contributed by atoms with E-state index in [0.29, 0.717) is 16.4 Å². The number of nitrogens with one attached hydrogen (secondary N) is 2. The van der Waals surface area contributed by atoms with Gasteiger partial charge in [-0.25, -0.2) is 0 Å². The highest BCUT2D eigenvalue weighted by atomic mass is 32.1. The second kappa shape index (κ2) is 8.85. The monoisotopic (exact) mass is 361 g/mol. The molecular weight excluding hydrogens is 334 g/mol. The molecule has 1 aromatic heterocycles. The first-order chi connectivity index (χ1) is 12.0. The summed E-state index contributed by atoms with van der Waals surface area (Å²) >= 11 is 5.44. The molecule has 2 N–H and O–H groups in total. The first-order valence-electron chi connectivity index (χ1n) is 8.70. The third kappa shape index (κ3) is 4.72. The number of hydrogen-bond donors (Lipinski definition) is 2. The van der Waals surface area contributed by atoms with E-state index in [9.17, 15) is 4.79 Å². The van der Waals surface area contributed by atoms with E-state index in [0.717, 1.165) is 29.9 Å². The van der Waals surface area contributed by atoms with Crippen LogP contribution in [0.4, 0.5) is 5.69 Å². The molecule has 0 aliphatic rings. The number of hydrogen-bond acceptors (Lipinski definition) is 4. The smallest absolute Gasteiger partial charge is 0.252 e. The van der Waals surface area contributed by atoms with Crippen LogP contribution in [0.5, 0.6) is 5.75 Å². The molecule has 0 saturated carbocycles. The molecule has 1 aromatic carbocycles. The van der Waals surface area contributed by atoms with Crippen molar-refractivity contribution >= 4 is 17.9 Å². The van der Waals surface area contributed by atoms with Crippen LogP contribution in [0.1, 0.15) is 33.1 Å². The number of aromatic amines is 1. The fourth-order valence-corrected chi connectivity index (χ4v) is 3.21. The Morgan fingerprint density at radius 1 is 1.36 bits per heavy atom. The van der Waals surface area contributed by atoms with Crippen LogP contribution in [0.3, 0.4) is 0 Å². The van der Waals surface area contributed by atoms with Crippen LogP contribution in [-0.4, -0.2) is 23.7 Å². The highest BCUT2D eigenvalue weighted by Crippen LogP contribution is 2.32. The predicted molar refractivity (Wildman–Crippen MR) is 106 cm³/mol. The number of H-pyrrole nitrogens is 1. The summed E-state index contributed by atoms with van der Waals surface area (Å²) in [5.74, 6) is 1.18. The summed E-state index contributed by atoms with van der Waals surface area (Å²) in [5, 5.41) is 3.10. The van der Waals surface area contributed by atoms with Crippen molar-refractivity contribution in [1.29, 1.82) is 0 Å². The minimum Gasteiger partial charge on any atom is -0.496 e. The number of anilines is 1. The van der Waals surface area contributed by atoms with Crippen molar-refractivity contribution in [3.63, 3.8) is 0 Å². The zero-order valence-electron chi connectivity index (χ0n) is 15.4. The zero-order valence-corrected chi connectivity index (χ0v) is 16.2. The highest BCUT2D eigenvalue weighted by molar-refractivity contribution is 7.71. The van der Waals surface area contributed by atoms with Gasteiger partial charge in [0.05, 0.1) is 12.8 Å². The maximum Gasteiger partial charge on any atom is 0.252 e. The first kappa shape index (κ1) is 19.2. The molecule has 0 bridgehead atoms. The number of ether oxygens (including phenoxy) is 1. The van der Waals surface area contributed by atoms with Gasteiger partial charge in [0, 0.05) is 37.0 Å². The maximum absolute atomic E-state index is 12.0. The molecule has 1 atom stereocenters. The van der Waals surface area contributed by atoms with E-state index in [1.54, 1.807) is 13.2 Å². The van der Waals surface area contributed by atoms with Crippen LogP contribution >= 0.6 is 12.2 Å². The number of methoxy groups -OCH3 is 1. The first-order valence-corrected chi connectivity index (χ1v) is 9.11. The van der Waals surface area contributed by atoms with Crippen molar-refractivity contribution in [2.45, 2.75) is 39.7 Å². The van der Waals surface area contributed by atoms with E-state index < -0.39 is 0 Å². The Labute approximate surface area is 154 Å². The molecule has 6 heteroatoms. The van der Waals surface area contributed by atoms with Crippen molar-refractivity contribution in [2.24, 2.45) is 5.92 Å². The Morgan fingerprint density at radius 3 is 2.76 bits per heavy atom. The second-order valence-electron chi connectivity index (χ2n) is 6.35. The van der Waals surface area contributed by atoms with Crippen molar-refractivity contribution in [2.75, 3.05) is 19.5 Å². The fraction of sp³-hybridized carbons (Fsp3) is 0.474. The Balaban J connectivity index is 2.54. The molecule has 1 unspecified atom stereocenters. The van der Waals surface area contributed by atoms with Gasteiger partial charge >= 0.3 is 0 Å². The molecule has 2 rings (SSSR count). The van der Waals surface area contributed by atoms with Crippen molar-refractivity contribution in [1.82, 2.24) is 9.55 Å². The van der Waals surface area contributed by atoms with Crippen molar-refractivity contribution < 1.29 is 4.74 Å². The van der Waals surface area contributed by atoms with Gasteiger partial charge in [-0.3, -0.25) is 9.78 Å². The summed E-state index contributed by atoms with van der Waals surface area (Å²) < 4.78 is 8.00. The number of rotatable bonds is 8. The lowest BCUT2D eigenvalue weighted by molar-refractivity contribution is 0.413. The molecular formula is C19H27N3O2S. The topological polar surface area (TPSA) is 59.1 Å². The highest BCUT2D eigenvalue weighted by Gasteiger charge is 2.14. The maximum atomic E-state index is 12.0. The van der Waals surface area contributed by atoms with E-state index in [-0.39, 0.29) is 5.56 Å². The normalized spacial score (nSPS) is 12.0. The number of nitrogens with zero attached hydrogens (tertiary/aromatic N) is 1. The van der Waals surface area contributed by atoms with Crippen LogP contribution < -0.4 is 15.6 Å². The summed E-state index contributed by atoms with van der Waals surface area (Å²) in [5.41, 5.74) is 2.40.